The van der Waals surface area contributed by atoms with E-state index in [1.807, 2.05) is 0 Å². The van der Waals surface area contributed by atoms with Crippen molar-refractivity contribution in [1.29, 1.82) is 0 Å². The van der Waals surface area contributed by atoms with Crippen LogP contribution in [-0.4, -0.2) is 28.5 Å². The average Bonchev–Trinajstić information content (AvgIpc) is 3.11. The zero-order chi connectivity index (χ0) is 18.5. The minimum absolute atomic E-state index is 0.136. The van der Waals surface area contributed by atoms with Gasteiger partial charge in [-0.05, 0) is 24.3 Å². The van der Waals surface area contributed by atoms with E-state index in [-0.39, 0.29) is 5.69 Å². The lowest BCUT2D eigenvalue weighted by atomic mass is 10.2. The molecule has 0 aliphatic rings. The van der Waals surface area contributed by atoms with Gasteiger partial charge < -0.3 is 4.74 Å². The van der Waals surface area contributed by atoms with Crippen molar-refractivity contribution >= 4 is 51.5 Å². The van der Waals surface area contributed by atoms with E-state index in [0.717, 1.165) is 5.56 Å². The van der Waals surface area contributed by atoms with E-state index in [1.165, 1.54) is 23.6 Å². The molecule has 1 aromatic carbocycles. The second-order valence-corrected chi connectivity index (χ2v) is 6.68. The van der Waals surface area contributed by atoms with E-state index in [1.54, 1.807) is 35.7 Å². The quantitative estimate of drug-likeness (QED) is 0.637. The number of carbonyl (C=O) groups is 2. The maximum absolute atomic E-state index is 11.9. The number of thiazole rings is 1. The minimum Gasteiger partial charge on any atom is -0.451 e. The van der Waals surface area contributed by atoms with Gasteiger partial charge in [0.05, 0.1) is 15.7 Å². The van der Waals surface area contributed by atoms with Crippen LogP contribution in [0, 0.1) is 0 Å². The molecule has 0 spiro atoms. The molecular formula is C17H11Cl2N3O3S. The molecular weight excluding hydrogens is 397 g/mol. The normalized spacial score (nSPS) is 10.4. The Hall–Kier alpha value is -2.48. The number of esters is 1. The topological polar surface area (TPSA) is 81.2 Å². The average molecular weight is 408 g/mol. The molecule has 2 heterocycles. The molecule has 0 saturated heterocycles. The van der Waals surface area contributed by atoms with Gasteiger partial charge in [-0.2, -0.15) is 0 Å². The van der Waals surface area contributed by atoms with Crippen molar-refractivity contribution in [1.82, 2.24) is 9.97 Å². The Labute approximate surface area is 162 Å². The standard InChI is InChI=1S/C17H11Cl2N3O3S/c18-11-5-4-10(7-12(11)19)14-9-26-17(21-14)22-15(23)8-25-16(24)13-3-1-2-6-20-13/h1-7,9H,8H2,(H,21,22,23). The number of hydrogen-bond donors (Lipinski definition) is 1. The number of amides is 1. The van der Waals surface area contributed by atoms with Crippen molar-refractivity contribution in [3.05, 3.63) is 63.7 Å². The van der Waals surface area contributed by atoms with Crippen LogP contribution in [0.3, 0.4) is 0 Å². The fourth-order valence-electron chi connectivity index (χ4n) is 1.96. The minimum atomic E-state index is -0.670. The number of nitrogens with one attached hydrogen (secondary N) is 1. The largest absolute Gasteiger partial charge is 0.451 e. The van der Waals surface area contributed by atoms with E-state index in [2.05, 4.69) is 15.3 Å². The first-order valence-electron chi connectivity index (χ1n) is 7.32. The number of benzene rings is 1. The van der Waals surface area contributed by atoms with Crippen molar-refractivity contribution in [3.63, 3.8) is 0 Å². The Morgan fingerprint density at radius 2 is 2.00 bits per heavy atom. The lowest BCUT2D eigenvalue weighted by Crippen LogP contribution is -2.21. The summed E-state index contributed by atoms with van der Waals surface area (Å²) in [5.74, 6) is -1.17. The maximum atomic E-state index is 11.9. The van der Waals surface area contributed by atoms with Crippen molar-refractivity contribution in [2.24, 2.45) is 0 Å². The Balaban J connectivity index is 1.57. The molecule has 0 unspecified atom stereocenters. The highest BCUT2D eigenvalue weighted by atomic mass is 35.5. The first-order valence-corrected chi connectivity index (χ1v) is 8.95. The van der Waals surface area contributed by atoms with E-state index in [9.17, 15) is 9.59 Å². The first kappa shape index (κ1) is 18.3. The van der Waals surface area contributed by atoms with Gasteiger partial charge in [0.15, 0.2) is 11.7 Å². The lowest BCUT2D eigenvalue weighted by molar-refractivity contribution is -0.119. The Morgan fingerprint density at radius 1 is 1.15 bits per heavy atom. The molecule has 26 heavy (non-hydrogen) atoms. The first-order chi connectivity index (χ1) is 12.5. The van der Waals surface area contributed by atoms with Gasteiger partial charge in [0.2, 0.25) is 0 Å². The van der Waals surface area contributed by atoms with Crippen LogP contribution >= 0.6 is 34.5 Å². The smallest absolute Gasteiger partial charge is 0.357 e. The van der Waals surface area contributed by atoms with Gasteiger partial charge in [0.1, 0.15) is 5.69 Å². The molecule has 2 aromatic heterocycles. The molecule has 0 fully saturated rings. The van der Waals surface area contributed by atoms with Gasteiger partial charge >= 0.3 is 5.97 Å². The van der Waals surface area contributed by atoms with Crippen molar-refractivity contribution in [2.75, 3.05) is 11.9 Å². The molecule has 3 rings (SSSR count). The maximum Gasteiger partial charge on any atom is 0.357 e. The summed E-state index contributed by atoms with van der Waals surface area (Å²) in [6.07, 6.45) is 1.47. The fourth-order valence-corrected chi connectivity index (χ4v) is 3.00. The summed E-state index contributed by atoms with van der Waals surface area (Å²) in [7, 11) is 0. The Kier molecular flexibility index (Phi) is 5.82. The summed E-state index contributed by atoms with van der Waals surface area (Å²) < 4.78 is 4.91. The van der Waals surface area contributed by atoms with Crippen LogP contribution in [0.15, 0.2) is 48.0 Å². The molecule has 0 atom stereocenters. The molecule has 0 aliphatic heterocycles. The van der Waals surface area contributed by atoms with Crippen LogP contribution in [0.2, 0.25) is 10.0 Å². The number of carbonyl (C=O) groups excluding carboxylic acids is 2. The molecule has 0 radical (unpaired) electrons. The summed E-state index contributed by atoms with van der Waals surface area (Å²) >= 11 is 13.1. The summed E-state index contributed by atoms with van der Waals surface area (Å²) in [5, 5.41) is 5.60. The fraction of sp³-hybridized carbons (Fsp3) is 0.0588. The van der Waals surface area contributed by atoms with Crippen LogP contribution in [0.5, 0.6) is 0 Å². The number of anilines is 1. The van der Waals surface area contributed by atoms with E-state index in [4.69, 9.17) is 27.9 Å². The SMILES string of the molecule is O=C(COC(=O)c1ccccn1)Nc1nc(-c2ccc(Cl)c(Cl)c2)cs1. The zero-order valence-corrected chi connectivity index (χ0v) is 15.4. The van der Waals surface area contributed by atoms with Gasteiger partial charge in [0, 0.05) is 17.1 Å². The number of ether oxygens (including phenoxy) is 1. The molecule has 0 saturated carbocycles. The van der Waals surface area contributed by atoms with Gasteiger partial charge in [-0.25, -0.2) is 14.8 Å². The second kappa shape index (κ2) is 8.27. The number of nitrogens with zero attached hydrogens (tertiary/aromatic N) is 2. The van der Waals surface area contributed by atoms with Gasteiger partial charge in [0.25, 0.3) is 5.91 Å². The highest BCUT2D eigenvalue weighted by Crippen LogP contribution is 2.30. The van der Waals surface area contributed by atoms with Crippen LogP contribution in [0.1, 0.15) is 10.5 Å². The summed E-state index contributed by atoms with van der Waals surface area (Å²) in [5.41, 5.74) is 1.56. The van der Waals surface area contributed by atoms with E-state index < -0.39 is 18.5 Å². The molecule has 6 nitrogen and oxygen atoms in total. The lowest BCUT2D eigenvalue weighted by Gasteiger charge is -2.04. The molecule has 132 valence electrons. The highest BCUT2D eigenvalue weighted by Gasteiger charge is 2.13. The third-order valence-corrected chi connectivity index (χ3v) is 4.67. The van der Waals surface area contributed by atoms with Crippen LogP contribution in [0.4, 0.5) is 5.13 Å². The van der Waals surface area contributed by atoms with Crippen molar-refractivity contribution < 1.29 is 14.3 Å². The number of halogens is 2. The predicted molar refractivity (Wildman–Crippen MR) is 101 cm³/mol. The van der Waals surface area contributed by atoms with Gasteiger partial charge in [-0.3, -0.25) is 10.1 Å². The van der Waals surface area contributed by atoms with Gasteiger partial charge in [-0.15, -0.1) is 11.3 Å². The van der Waals surface area contributed by atoms with Crippen LogP contribution in [0.25, 0.3) is 11.3 Å². The van der Waals surface area contributed by atoms with Gasteiger partial charge in [-0.1, -0.05) is 35.3 Å². The van der Waals surface area contributed by atoms with E-state index >= 15 is 0 Å². The number of hydrogen-bond acceptors (Lipinski definition) is 6. The van der Waals surface area contributed by atoms with Crippen molar-refractivity contribution in [3.8, 4) is 11.3 Å². The van der Waals surface area contributed by atoms with Crippen LogP contribution < -0.4 is 5.32 Å². The number of rotatable bonds is 5. The Morgan fingerprint density at radius 3 is 2.73 bits per heavy atom. The predicted octanol–water partition coefficient (Wildman–Crippen LogP) is 4.31. The Bertz CT molecular complexity index is 947. The molecule has 1 N–H and O–H groups in total. The van der Waals surface area contributed by atoms with Crippen molar-refractivity contribution in [2.45, 2.75) is 0 Å². The summed E-state index contributed by atoms with van der Waals surface area (Å²) in [4.78, 5) is 31.8. The third kappa shape index (κ3) is 4.57. The third-order valence-electron chi connectivity index (χ3n) is 3.17. The molecule has 9 heteroatoms. The molecule has 1 amide bonds. The highest BCUT2D eigenvalue weighted by molar-refractivity contribution is 7.14. The van der Waals surface area contributed by atoms with Crippen LogP contribution in [-0.2, 0) is 9.53 Å². The monoisotopic (exact) mass is 407 g/mol. The molecule has 3 aromatic rings. The zero-order valence-electron chi connectivity index (χ0n) is 13.1. The molecule has 0 aliphatic carbocycles. The molecule has 0 bridgehead atoms. The second-order valence-electron chi connectivity index (χ2n) is 5.01. The number of pyridine rings is 1. The summed E-state index contributed by atoms with van der Waals surface area (Å²) in [6.45, 7) is -0.433. The number of aromatic nitrogens is 2. The van der Waals surface area contributed by atoms with E-state index in [0.29, 0.717) is 20.9 Å². The summed E-state index contributed by atoms with van der Waals surface area (Å²) in [6, 6.07) is 9.99.